The van der Waals surface area contributed by atoms with Crippen molar-refractivity contribution in [2.45, 2.75) is 44.2 Å². The molecule has 36 heavy (non-hydrogen) atoms. The number of non-ortho nitro benzene ring substituents is 1. The molecule has 186 valence electrons. The van der Waals surface area contributed by atoms with Crippen molar-refractivity contribution in [3.05, 3.63) is 70.3 Å². The Morgan fingerprint density at radius 2 is 1.58 bits per heavy atom. The lowest BCUT2D eigenvalue weighted by Gasteiger charge is -2.36. The topological polar surface area (TPSA) is 144 Å². The SMILES string of the molecule is NC(=O)C1C2C(=O)N(c3cccc([N+](=O)[O-])c3)C(=O)C2C(c2ccccc2)N1C(=O)C1CCCCC1. The molecule has 1 aliphatic carbocycles. The summed E-state index contributed by atoms with van der Waals surface area (Å²) in [6.07, 6.45) is 4.18. The summed E-state index contributed by atoms with van der Waals surface area (Å²) in [4.78, 5) is 67.1. The first-order valence-corrected chi connectivity index (χ1v) is 12.1. The van der Waals surface area contributed by atoms with Crippen LogP contribution in [0.5, 0.6) is 0 Å². The molecule has 4 unspecified atom stereocenters. The third kappa shape index (κ3) is 3.73. The minimum absolute atomic E-state index is 0.0498. The van der Waals surface area contributed by atoms with E-state index in [9.17, 15) is 29.3 Å². The number of imide groups is 1. The van der Waals surface area contributed by atoms with Crippen molar-refractivity contribution in [3.63, 3.8) is 0 Å². The molecule has 0 radical (unpaired) electrons. The number of rotatable bonds is 5. The number of nitrogens with zero attached hydrogens (tertiary/aromatic N) is 3. The normalized spacial score (nSPS) is 26.2. The number of nitrogens with two attached hydrogens (primary N) is 1. The predicted molar refractivity (Wildman–Crippen MR) is 128 cm³/mol. The maximum Gasteiger partial charge on any atom is 0.271 e. The van der Waals surface area contributed by atoms with Crippen LogP contribution in [-0.2, 0) is 19.2 Å². The molecule has 3 fully saturated rings. The van der Waals surface area contributed by atoms with Crippen LogP contribution >= 0.6 is 0 Å². The molecule has 3 aliphatic rings. The summed E-state index contributed by atoms with van der Waals surface area (Å²) < 4.78 is 0. The van der Waals surface area contributed by atoms with Gasteiger partial charge in [-0.25, -0.2) is 4.90 Å². The Labute approximate surface area is 207 Å². The van der Waals surface area contributed by atoms with Gasteiger partial charge in [0.15, 0.2) is 0 Å². The third-order valence-corrected chi connectivity index (χ3v) is 7.62. The number of hydrogen-bond acceptors (Lipinski definition) is 6. The van der Waals surface area contributed by atoms with Gasteiger partial charge in [0.05, 0.1) is 28.5 Å². The van der Waals surface area contributed by atoms with E-state index in [1.54, 1.807) is 30.3 Å². The van der Waals surface area contributed by atoms with Crippen molar-refractivity contribution in [1.29, 1.82) is 0 Å². The molecule has 5 rings (SSSR count). The van der Waals surface area contributed by atoms with Crippen LogP contribution in [0.1, 0.15) is 43.7 Å². The van der Waals surface area contributed by atoms with E-state index in [4.69, 9.17) is 5.73 Å². The van der Waals surface area contributed by atoms with E-state index in [0.29, 0.717) is 18.4 Å². The van der Waals surface area contributed by atoms with Gasteiger partial charge in [-0.2, -0.15) is 0 Å². The van der Waals surface area contributed by atoms with Crippen LogP contribution in [0.2, 0.25) is 0 Å². The average Bonchev–Trinajstić information content (AvgIpc) is 3.37. The second-order valence-corrected chi connectivity index (χ2v) is 9.62. The molecule has 4 atom stereocenters. The zero-order valence-corrected chi connectivity index (χ0v) is 19.5. The largest absolute Gasteiger partial charge is 0.368 e. The number of hydrogen-bond donors (Lipinski definition) is 1. The van der Waals surface area contributed by atoms with Crippen molar-refractivity contribution in [1.82, 2.24) is 4.90 Å². The molecule has 10 nitrogen and oxygen atoms in total. The summed E-state index contributed by atoms with van der Waals surface area (Å²) in [5.74, 6) is -4.92. The number of benzene rings is 2. The highest BCUT2D eigenvalue weighted by Gasteiger charge is 2.65. The number of carbonyl (C=O) groups is 4. The second-order valence-electron chi connectivity index (χ2n) is 9.62. The molecule has 0 spiro atoms. The van der Waals surface area contributed by atoms with Gasteiger partial charge in [0.1, 0.15) is 6.04 Å². The van der Waals surface area contributed by atoms with Gasteiger partial charge in [-0.05, 0) is 24.5 Å². The van der Waals surface area contributed by atoms with Gasteiger partial charge in [0.2, 0.25) is 23.6 Å². The molecule has 0 aromatic heterocycles. The van der Waals surface area contributed by atoms with Crippen molar-refractivity contribution in [2.75, 3.05) is 4.90 Å². The number of primary amides is 1. The number of amides is 4. The van der Waals surface area contributed by atoms with Gasteiger partial charge in [0.25, 0.3) is 5.69 Å². The molecule has 1 saturated carbocycles. The Hall–Kier alpha value is -4.08. The van der Waals surface area contributed by atoms with Gasteiger partial charge in [0, 0.05) is 18.1 Å². The van der Waals surface area contributed by atoms with Gasteiger partial charge in [-0.15, -0.1) is 0 Å². The van der Waals surface area contributed by atoms with E-state index >= 15 is 0 Å². The number of likely N-dealkylation sites (tertiary alicyclic amines) is 1. The molecule has 2 aromatic rings. The highest BCUT2D eigenvalue weighted by atomic mass is 16.6. The van der Waals surface area contributed by atoms with Gasteiger partial charge in [-0.1, -0.05) is 55.7 Å². The number of nitro benzene ring substituents is 1. The standard InChI is InChI=1S/C26H26N4O6/c27-23(31)22-20-19(25(33)28(26(20)34)17-12-7-13-18(14-17)30(35)36)21(15-8-3-1-4-9-15)29(22)24(32)16-10-5-2-6-11-16/h1,3-4,7-9,12-14,16,19-22H,2,5-6,10-11H2,(H2,27,31). The lowest BCUT2D eigenvalue weighted by Crippen LogP contribution is -2.52. The summed E-state index contributed by atoms with van der Waals surface area (Å²) in [6.45, 7) is 0. The second kappa shape index (κ2) is 9.18. The Morgan fingerprint density at radius 1 is 0.917 bits per heavy atom. The average molecular weight is 491 g/mol. The smallest absolute Gasteiger partial charge is 0.271 e. The minimum Gasteiger partial charge on any atom is -0.368 e. The first-order valence-electron chi connectivity index (χ1n) is 12.1. The molecule has 0 bridgehead atoms. The van der Waals surface area contributed by atoms with Crippen LogP contribution in [0.25, 0.3) is 0 Å². The number of anilines is 1. The highest BCUT2D eigenvalue weighted by molar-refractivity contribution is 6.24. The molecule has 4 amide bonds. The number of nitro groups is 1. The lowest BCUT2D eigenvalue weighted by molar-refractivity contribution is -0.384. The maximum atomic E-state index is 13.8. The van der Waals surface area contributed by atoms with E-state index in [1.807, 2.05) is 0 Å². The summed E-state index contributed by atoms with van der Waals surface area (Å²) in [5, 5.41) is 11.3. The van der Waals surface area contributed by atoms with Crippen molar-refractivity contribution < 1.29 is 24.1 Å². The first kappa shape index (κ1) is 23.7. The van der Waals surface area contributed by atoms with Gasteiger partial charge < -0.3 is 10.6 Å². The number of fused-ring (bicyclic) bond motifs is 1. The van der Waals surface area contributed by atoms with E-state index in [0.717, 1.165) is 30.2 Å². The molecule has 2 heterocycles. The van der Waals surface area contributed by atoms with Crippen molar-refractivity contribution in [2.24, 2.45) is 23.5 Å². The molecule has 10 heteroatoms. The molecule has 2 aromatic carbocycles. The molecule has 2 N–H and O–H groups in total. The maximum absolute atomic E-state index is 13.8. The highest BCUT2D eigenvalue weighted by Crippen LogP contribution is 2.51. The van der Waals surface area contributed by atoms with Crippen LogP contribution in [-0.4, -0.2) is 39.5 Å². The Balaban J connectivity index is 1.62. The Kier molecular flexibility index (Phi) is 6.03. The lowest BCUT2D eigenvalue weighted by atomic mass is 9.86. The fourth-order valence-electron chi connectivity index (χ4n) is 6.06. The van der Waals surface area contributed by atoms with Crippen LogP contribution < -0.4 is 10.6 Å². The fourth-order valence-corrected chi connectivity index (χ4v) is 6.06. The van der Waals surface area contributed by atoms with Gasteiger partial charge in [-0.3, -0.25) is 29.3 Å². The Bertz CT molecular complexity index is 1240. The molecule has 2 saturated heterocycles. The van der Waals surface area contributed by atoms with Crippen molar-refractivity contribution >= 4 is 35.0 Å². The van der Waals surface area contributed by atoms with E-state index < -0.39 is 46.6 Å². The summed E-state index contributed by atoms with van der Waals surface area (Å²) in [6, 6.07) is 11.9. The predicted octanol–water partition coefficient (Wildman–Crippen LogP) is 2.72. The van der Waals surface area contributed by atoms with Crippen LogP contribution in [0.15, 0.2) is 54.6 Å². The van der Waals surface area contributed by atoms with E-state index in [1.165, 1.54) is 23.1 Å². The quantitative estimate of drug-likeness (QED) is 0.388. The molecular formula is C26H26N4O6. The fraction of sp³-hybridized carbons (Fsp3) is 0.385. The molecular weight excluding hydrogens is 464 g/mol. The zero-order chi connectivity index (χ0) is 25.6. The summed E-state index contributed by atoms with van der Waals surface area (Å²) in [5.41, 5.74) is 6.21. The van der Waals surface area contributed by atoms with Crippen molar-refractivity contribution in [3.8, 4) is 0 Å². The Morgan fingerprint density at radius 3 is 2.22 bits per heavy atom. The zero-order valence-electron chi connectivity index (χ0n) is 19.5. The first-order chi connectivity index (χ1) is 17.3. The van der Waals surface area contributed by atoms with E-state index in [2.05, 4.69) is 0 Å². The van der Waals surface area contributed by atoms with Crippen LogP contribution in [0.3, 0.4) is 0 Å². The van der Waals surface area contributed by atoms with Crippen LogP contribution in [0, 0.1) is 27.9 Å². The molecule has 2 aliphatic heterocycles. The summed E-state index contributed by atoms with van der Waals surface area (Å²) in [7, 11) is 0. The summed E-state index contributed by atoms with van der Waals surface area (Å²) >= 11 is 0. The van der Waals surface area contributed by atoms with Crippen LogP contribution in [0.4, 0.5) is 11.4 Å². The third-order valence-electron chi connectivity index (χ3n) is 7.62. The van der Waals surface area contributed by atoms with Gasteiger partial charge >= 0.3 is 0 Å². The van der Waals surface area contributed by atoms with E-state index in [-0.39, 0.29) is 23.2 Å². The monoisotopic (exact) mass is 490 g/mol. The minimum atomic E-state index is -1.30. The number of carbonyl (C=O) groups excluding carboxylic acids is 4.